The van der Waals surface area contributed by atoms with Crippen LogP contribution in [0.1, 0.15) is 5.56 Å². The number of nitrogens with one attached hydrogen (secondary N) is 2. The number of hydrogen-bond acceptors (Lipinski definition) is 5. The molecule has 0 amide bonds. The molecule has 0 bridgehead atoms. The Labute approximate surface area is 152 Å². The van der Waals surface area contributed by atoms with Crippen LogP contribution in [0.3, 0.4) is 0 Å². The van der Waals surface area contributed by atoms with Crippen LogP contribution < -0.4 is 15.9 Å². The average molecular weight is 351 g/mol. The fourth-order valence-electron chi connectivity index (χ4n) is 2.58. The predicted molar refractivity (Wildman–Crippen MR) is 106 cm³/mol. The Balaban J connectivity index is 1.63. The third-order valence-electron chi connectivity index (χ3n) is 3.90. The van der Waals surface area contributed by atoms with Crippen molar-refractivity contribution in [2.24, 2.45) is 5.14 Å². The summed E-state index contributed by atoms with van der Waals surface area (Å²) in [7, 11) is 1.89. The number of benzene rings is 3. The fraction of sp³-hybridized carbons (Fsp3) is 0.100. The largest absolute Gasteiger partial charge is 0.386 e. The molecule has 4 nitrogen and oxygen atoms in total. The van der Waals surface area contributed by atoms with Crippen LogP contribution in [0.2, 0.25) is 0 Å². The topological polar surface area (TPSA) is 59.3 Å². The van der Waals surface area contributed by atoms with Crippen molar-refractivity contribution in [1.29, 1.82) is 0 Å². The molecule has 0 radical (unpaired) electrons. The second-order valence-corrected chi connectivity index (χ2v) is 6.17. The Morgan fingerprint density at radius 3 is 2.28 bits per heavy atom. The van der Waals surface area contributed by atoms with Crippen molar-refractivity contribution in [3.8, 4) is 11.1 Å². The van der Waals surface area contributed by atoms with E-state index >= 15 is 0 Å². The van der Waals surface area contributed by atoms with E-state index in [0.717, 1.165) is 33.0 Å². The fourth-order valence-corrected chi connectivity index (χ4v) is 3.05. The number of nitrogens with two attached hydrogens (primary N) is 1. The Kier molecular flexibility index (Phi) is 5.95. The van der Waals surface area contributed by atoms with Crippen LogP contribution in [0, 0.1) is 0 Å². The molecule has 0 aromatic heterocycles. The van der Waals surface area contributed by atoms with Crippen LogP contribution in [-0.2, 0) is 11.4 Å². The quantitative estimate of drug-likeness (QED) is 0.417. The first-order valence-corrected chi connectivity index (χ1v) is 8.89. The van der Waals surface area contributed by atoms with Crippen molar-refractivity contribution in [2.45, 2.75) is 11.5 Å². The highest BCUT2D eigenvalue weighted by atomic mass is 32.2. The minimum Gasteiger partial charge on any atom is -0.386 e. The van der Waals surface area contributed by atoms with E-state index in [4.69, 9.17) is 9.98 Å². The lowest BCUT2D eigenvalue weighted by atomic mass is 10.0. The maximum absolute atomic E-state index is 5.75. The minimum atomic E-state index is 0.478. The van der Waals surface area contributed by atoms with Crippen LogP contribution in [-0.4, -0.2) is 7.05 Å². The van der Waals surface area contributed by atoms with Gasteiger partial charge in [-0.3, -0.25) is 15.5 Å². The molecule has 5 heteroatoms. The van der Waals surface area contributed by atoms with E-state index in [1.165, 1.54) is 11.9 Å². The van der Waals surface area contributed by atoms with Crippen molar-refractivity contribution in [2.75, 3.05) is 17.8 Å². The van der Waals surface area contributed by atoms with Crippen LogP contribution in [0.5, 0.6) is 0 Å². The van der Waals surface area contributed by atoms with Gasteiger partial charge in [0.1, 0.15) is 0 Å². The highest BCUT2D eigenvalue weighted by molar-refractivity contribution is 7.97. The molecule has 0 aliphatic heterocycles. The summed E-state index contributed by atoms with van der Waals surface area (Å²) >= 11 is 1.27. The van der Waals surface area contributed by atoms with E-state index in [0.29, 0.717) is 6.61 Å². The predicted octanol–water partition coefficient (Wildman–Crippen LogP) is 4.90. The second-order valence-electron chi connectivity index (χ2n) is 5.50. The van der Waals surface area contributed by atoms with Crippen molar-refractivity contribution in [3.05, 3.63) is 78.4 Å². The molecule has 128 valence electrons. The maximum atomic E-state index is 5.75. The third-order valence-corrected chi connectivity index (χ3v) is 4.51. The molecule has 0 heterocycles. The number of hydrogen-bond donors (Lipinski definition) is 3. The molecular weight excluding hydrogens is 330 g/mol. The molecule has 0 spiro atoms. The smallest absolute Gasteiger partial charge is 0.0996 e. The van der Waals surface area contributed by atoms with Crippen molar-refractivity contribution < 1.29 is 4.84 Å². The van der Waals surface area contributed by atoms with Gasteiger partial charge in [0.05, 0.1) is 18.0 Å². The van der Waals surface area contributed by atoms with E-state index < -0.39 is 0 Å². The van der Waals surface area contributed by atoms with Crippen LogP contribution in [0.25, 0.3) is 11.1 Å². The van der Waals surface area contributed by atoms with E-state index in [-0.39, 0.29) is 0 Å². The summed E-state index contributed by atoms with van der Waals surface area (Å²) in [6.45, 7) is 0.478. The first-order valence-electron chi connectivity index (χ1n) is 8.01. The summed E-state index contributed by atoms with van der Waals surface area (Å²) in [4.78, 5) is 6.69. The first-order chi connectivity index (χ1) is 12.3. The zero-order chi connectivity index (χ0) is 17.5. The molecule has 0 saturated heterocycles. The Bertz CT molecular complexity index is 821. The van der Waals surface area contributed by atoms with Gasteiger partial charge >= 0.3 is 0 Å². The van der Waals surface area contributed by atoms with Crippen LogP contribution in [0.4, 0.5) is 11.4 Å². The molecule has 25 heavy (non-hydrogen) atoms. The summed E-state index contributed by atoms with van der Waals surface area (Å²) < 4.78 is 0. The number of anilines is 2. The van der Waals surface area contributed by atoms with E-state index in [9.17, 15) is 0 Å². The first kappa shape index (κ1) is 17.4. The van der Waals surface area contributed by atoms with Gasteiger partial charge in [-0.2, -0.15) is 0 Å². The molecule has 4 N–H and O–H groups in total. The lowest BCUT2D eigenvalue weighted by Crippen LogP contribution is -2.04. The summed E-state index contributed by atoms with van der Waals surface area (Å²) in [6, 6.07) is 24.4. The van der Waals surface area contributed by atoms with Gasteiger partial charge in [-0.25, -0.2) is 0 Å². The second kappa shape index (κ2) is 8.58. The van der Waals surface area contributed by atoms with Crippen molar-refractivity contribution >= 4 is 23.3 Å². The van der Waals surface area contributed by atoms with E-state index in [1.54, 1.807) is 0 Å². The summed E-state index contributed by atoms with van der Waals surface area (Å²) in [5.41, 5.74) is 8.28. The minimum absolute atomic E-state index is 0.478. The van der Waals surface area contributed by atoms with E-state index in [2.05, 4.69) is 41.1 Å². The van der Waals surface area contributed by atoms with Gasteiger partial charge in [-0.15, -0.1) is 0 Å². The average Bonchev–Trinajstić information content (AvgIpc) is 2.69. The molecule has 3 rings (SSSR count). The highest BCUT2D eigenvalue weighted by Gasteiger charge is 2.04. The molecule has 0 atom stereocenters. The van der Waals surface area contributed by atoms with Gasteiger partial charge in [-0.1, -0.05) is 54.6 Å². The monoisotopic (exact) mass is 351 g/mol. The number of para-hydroxylation sites is 2. The van der Waals surface area contributed by atoms with Gasteiger partial charge < -0.3 is 5.32 Å². The molecule has 0 saturated carbocycles. The van der Waals surface area contributed by atoms with Gasteiger partial charge in [-0.05, 0) is 46.8 Å². The third kappa shape index (κ3) is 4.33. The highest BCUT2D eigenvalue weighted by Crippen LogP contribution is 2.29. The molecular formula is C20H21N3OS. The summed E-state index contributed by atoms with van der Waals surface area (Å²) in [5.74, 6) is 0. The van der Waals surface area contributed by atoms with Gasteiger partial charge in [0.2, 0.25) is 0 Å². The van der Waals surface area contributed by atoms with Gasteiger partial charge in [0.15, 0.2) is 0 Å². The summed E-state index contributed by atoms with van der Waals surface area (Å²) in [5, 5.41) is 8.87. The Morgan fingerprint density at radius 1 is 0.880 bits per heavy atom. The van der Waals surface area contributed by atoms with Crippen molar-refractivity contribution in [1.82, 2.24) is 0 Å². The molecule has 0 unspecified atom stereocenters. The maximum Gasteiger partial charge on any atom is 0.0996 e. The Morgan fingerprint density at radius 2 is 1.56 bits per heavy atom. The SMILES string of the molecule is CNc1ccccc1NOCc1ccc(-c2ccccc2SN)cc1. The zero-order valence-corrected chi connectivity index (χ0v) is 14.8. The van der Waals surface area contributed by atoms with Gasteiger partial charge in [0.25, 0.3) is 0 Å². The molecule has 0 fully saturated rings. The Hall–Kier alpha value is -2.47. The standard InChI is InChI=1S/C20H21N3OS/c1-22-18-7-3-4-8-19(18)23-24-14-15-10-12-16(13-11-15)17-6-2-5-9-20(17)25-21/h2-13,22-23H,14,21H2,1H3. The molecule has 3 aromatic rings. The molecule has 0 aliphatic rings. The van der Waals surface area contributed by atoms with Crippen molar-refractivity contribution in [3.63, 3.8) is 0 Å². The molecule has 0 aliphatic carbocycles. The lowest BCUT2D eigenvalue weighted by Gasteiger charge is -2.12. The lowest BCUT2D eigenvalue weighted by molar-refractivity contribution is 0.180. The molecule has 3 aromatic carbocycles. The number of rotatable bonds is 7. The summed E-state index contributed by atoms with van der Waals surface area (Å²) in [6.07, 6.45) is 0. The normalized spacial score (nSPS) is 10.5. The van der Waals surface area contributed by atoms with Crippen LogP contribution >= 0.6 is 11.9 Å². The van der Waals surface area contributed by atoms with E-state index in [1.807, 2.05) is 49.5 Å². The zero-order valence-electron chi connectivity index (χ0n) is 14.0. The van der Waals surface area contributed by atoms with Crippen LogP contribution in [0.15, 0.2) is 77.7 Å². The van der Waals surface area contributed by atoms with Gasteiger partial charge in [0, 0.05) is 11.9 Å².